The first kappa shape index (κ1) is 24.5. The smallest absolute Gasteiger partial charge is 0.407 e. The van der Waals surface area contributed by atoms with Gasteiger partial charge in [-0.15, -0.1) is 0 Å². The van der Waals surface area contributed by atoms with Crippen molar-refractivity contribution in [3.05, 3.63) is 29.8 Å². The van der Waals surface area contributed by atoms with Crippen LogP contribution >= 0.6 is 0 Å². The molecule has 2 rings (SSSR count). The average Bonchev–Trinajstić information content (AvgIpc) is 3.02. The Morgan fingerprint density at radius 2 is 1.68 bits per heavy atom. The van der Waals surface area contributed by atoms with Crippen molar-refractivity contribution in [2.24, 2.45) is 5.92 Å². The molecule has 1 aromatic rings. The molecular formula is C23H35N3O5. The van der Waals surface area contributed by atoms with Crippen LogP contribution in [0, 0.1) is 5.92 Å². The first-order valence-electron chi connectivity index (χ1n) is 11.0. The highest BCUT2D eigenvalue weighted by Gasteiger charge is 2.30. The lowest BCUT2D eigenvalue weighted by molar-refractivity contribution is -0.135. The predicted octanol–water partition coefficient (Wildman–Crippen LogP) is 2.46. The summed E-state index contributed by atoms with van der Waals surface area (Å²) in [6.07, 6.45) is 1.23. The number of aryl methyl sites for hydroxylation is 1. The molecule has 1 aliphatic rings. The Morgan fingerprint density at radius 1 is 1.03 bits per heavy atom. The van der Waals surface area contributed by atoms with Crippen LogP contribution in [0.4, 0.5) is 4.79 Å². The van der Waals surface area contributed by atoms with Crippen molar-refractivity contribution in [2.45, 2.75) is 46.1 Å². The van der Waals surface area contributed by atoms with Crippen LogP contribution in [0.2, 0.25) is 0 Å². The third kappa shape index (κ3) is 7.45. The summed E-state index contributed by atoms with van der Waals surface area (Å²) in [5.74, 6) is 0.692. The summed E-state index contributed by atoms with van der Waals surface area (Å²) in [6.45, 7) is 7.90. The second kappa shape index (κ2) is 12.2. The van der Waals surface area contributed by atoms with Crippen LogP contribution < -0.4 is 10.1 Å². The van der Waals surface area contributed by atoms with Crippen LogP contribution in [-0.4, -0.2) is 73.6 Å². The van der Waals surface area contributed by atoms with Gasteiger partial charge in [0.1, 0.15) is 11.8 Å². The largest absolute Gasteiger partial charge is 0.497 e. The van der Waals surface area contributed by atoms with Crippen LogP contribution in [0.15, 0.2) is 24.3 Å². The molecule has 8 nitrogen and oxygen atoms in total. The molecule has 0 spiro atoms. The molecule has 3 amide bonds. The van der Waals surface area contributed by atoms with E-state index in [9.17, 15) is 14.4 Å². The van der Waals surface area contributed by atoms with E-state index in [4.69, 9.17) is 9.47 Å². The fourth-order valence-corrected chi connectivity index (χ4v) is 3.60. The first-order valence-corrected chi connectivity index (χ1v) is 11.0. The van der Waals surface area contributed by atoms with Crippen molar-refractivity contribution in [3.8, 4) is 5.75 Å². The van der Waals surface area contributed by atoms with Crippen LogP contribution in [0.3, 0.4) is 0 Å². The van der Waals surface area contributed by atoms with E-state index in [-0.39, 0.29) is 24.3 Å². The lowest BCUT2D eigenvalue weighted by Crippen LogP contribution is -2.52. The van der Waals surface area contributed by atoms with Gasteiger partial charge in [0, 0.05) is 32.6 Å². The zero-order valence-corrected chi connectivity index (χ0v) is 19.1. The zero-order valence-electron chi connectivity index (χ0n) is 19.1. The standard InChI is InChI=1S/C23H35N3O5/c1-5-31-23(29)24-21(17(2)3)22(28)26-14-6-13-25(15-16-26)20(27)12-9-18-7-10-19(30-4)11-8-18/h7-8,10-11,17,21H,5-6,9,12-16H2,1-4H3,(H,24,29). The number of hydrogen-bond acceptors (Lipinski definition) is 5. The minimum Gasteiger partial charge on any atom is -0.497 e. The summed E-state index contributed by atoms with van der Waals surface area (Å²) in [7, 11) is 1.63. The second-order valence-corrected chi connectivity index (χ2v) is 7.99. The zero-order chi connectivity index (χ0) is 22.8. The van der Waals surface area contributed by atoms with Gasteiger partial charge in [0.2, 0.25) is 11.8 Å². The van der Waals surface area contributed by atoms with Gasteiger partial charge in [-0.25, -0.2) is 4.79 Å². The molecule has 0 saturated carbocycles. The van der Waals surface area contributed by atoms with E-state index in [0.717, 1.165) is 11.3 Å². The molecule has 1 N–H and O–H groups in total. The summed E-state index contributed by atoms with van der Waals surface area (Å²) in [5.41, 5.74) is 1.09. The maximum Gasteiger partial charge on any atom is 0.407 e. The van der Waals surface area contributed by atoms with Gasteiger partial charge < -0.3 is 24.6 Å². The predicted molar refractivity (Wildman–Crippen MR) is 118 cm³/mol. The van der Waals surface area contributed by atoms with Crippen molar-refractivity contribution in [1.29, 1.82) is 0 Å². The van der Waals surface area contributed by atoms with Crippen molar-refractivity contribution < 1.29 is 23.9 Å². The van der Waals surface area contributed by atoms with Crippen LogP contribution in [-0.2, 0) is 20.7 Å². The van der Waals surface area contributed by atoms with Crippen molar-refractivity contribution in [2.75, 3.05) is 39.9 Å². The summed E-state index contributed by atoms with van der Waals surface area (Å²) in [6, 6.07) is 7.08. The second-order valence-electron chi connectivity index (χ2n) is 7.99. The fourth-order valence-electron chi connectivity index (χ4n) is 3.60. The summed E-state index contributed by atoms with van der Waals surface area (Å²) >= 11 is 0. The molecule has 8 heteroatoms. The third-order valence-electron chi connectivity index (χ3n) is 5.43. The van der Waals surface area contributed by atoms with Gasteiger partial charge >= 0.3 is 6.09 Å². The molecule has 0 radical (unpaired) electrons. The van der Waals surface area contributed by atoms with Crippen molar-refractivity contribution in [3.63, 3.8) is 0 Å². The number of nitrogens with zero attached hydrogens (tertiary/aromatic N) is 2. The molecule has 1 saturated heterocycles. The number of alkyl carbamates (subject to hydrolysis) is 1. The molecule has 1 heterocycles. The number of methoxy groups -OCH3 is 1. The molecule has 1 aliphatic heterocycles. The van der Waals surface area contributed by atoms with Gasteiger partial charge in [0.15, 0.2) is 0 Å². The number of carbonyl (C=O) groups excluding carboxylic acids is 3. The minimum atomic E-state index is -0.642. The van der Waals surface area contributed by atoms with Gasteiger partial charge in [0.05, 0.1) is 13.7 Å². The highest BCUT2D eigenvalue weighted by atomic mass is 16.5. The van der Waals surface area contributed by atoms with E-state index in [1.807, 2.05) is 43.0 Å². The van der Waals surface area contributed by atoms with Crippen LogP contribution in [0.25, 0.3) is 0 Å². The third-order valence-corrected chi connectivity index (χ3v) is 5.43. The topological polar surface area (TPSA) is 88.2 Å². The fraction of sp³-hybridized carbons (Fsp3) is 0.609. The Morgan fingerprint density at radius 3 is 2.29 bits per heavy atom. The van der Waals surface area contributed by atoms with Gasteiger partial charge in [-0.2, -0.15) is 0 Å². The van der Waals surface area contributed by atoms with Crippen LogP contribution in [0.1, 0.15) is 39.2 Å². The molecule has 31 heavy (non-hydrogen) atoms. The van der Waals surface area contributed by atoms with E-state index in [1.165, 1.54) is 0 Å². The van der Waals surface area contributed by atoms with E-state index in [0.29, 0.717) is 45.4 Å². The number of nitrogens with one attached hydrogen (secondary N) is 1. The summed E-state index contributed by atoms with van der Waals surface area (Å²) in [5, 5.41) is 2.67. The Labute approximate surface area is 184 Å². The molecule has 172 valence electrons. The first-order chi connectivity index (χ1) is 14.8. The van der Waals surface area contributed by atoms with Gasteiger partial charge in [-0.05, 0) is 43.4 Å². The summed E-state index contributed by atoms with van der Waals surface area (Å²) in [4.78, 5) is 41.1. The van der Waals surface area contributed by atoms with Crippen molar-refractivity contribution in [1.82, 2.24) is 15.1 Å². The van der Waals surface area contributed by atoms with Gasteiger partial charge in [-0.1, -0.05) is 26.0 Å². The van der Waals surface area contributed by atoms with Gasteiger partial charge in [-0.3, -0.25) is 9.59 Å². The molecule has 0 bridgehead atoms. The molecule has 0 aliphatic carbocycles. The Hall–Kier alpha value is -2.77. The SMILES string of the molecule is CCOC(=O)NC(C(=O)N1CCCN(C(=O)CCc2ccc(OC)cc2)CC1)C(C)C. The molecule has 1 aromatic carbocycles. The van der Waals surface area contributed by atoms with E-state index >= 15 is 0 Å². The van der Waals surface area contributed by atoms with E-state index in [2.05, 4.69) is 5.32 Å². The number of carbonyl (C=O) groups is 3. The van der Waals surface area contributed by atoms with Gasteiger partial charge in [0.25, 0.3) is 0 Å². The number of ether oxygens (including phenoxy) is 2. The number of rotatable bonds is 8. The maximum atomic E-state index is 13.0. The molecule has 0 aromatic heterocycles. The number of hydrogen-bond donors (Lipinski definition) is 1. The van der Waals surface area contributed by atoms with E-state index in [1.54, 1.807) is 18.9 Å². The summed E-state index contributed by atoms with van der Waals surface area (Å²) < 4.78 is 10.1. The number of benzene rings is 1. The molecule has 1 fully saturated rings. The average molecular weight is 434 g/mol. The highest BCUT2D eigenvalue weighted by molar-refractivity contribution is 5.86. The van der Waals surface area contributed by atoms with E-state index < -0.39 is 12.1 Å². The Kier molecular flexibility index (Phi) is 9.62. The minimum absolute atomic E-state index is 0.0672. The maximum absolute atomic E-state index is 13.0. The van der Waals surface area contributed by atoms with Crippen LogP contribution in [0.5, 0.6) is 5.75 Å². The van der Waals surface area contributed by atoms with Crippen molar-refractivity contribution >= 4 is 17.9 Å². The quantitative estimate of drug-likeness (QED) is 0.680. The highest BCUT2D eigenvalue weighted by Crippen LogP contribution is 2.15. The molecule has 1 atom stereocenters. The Bertz CT molecular complexity index is 735. The Balaban J connectivity index is 1.88. The normalized spacial score (nSPS) is 15.3. The lowest BCUT2D eigenvalue weighted by atomic mass is 10.0. The molecule has 1 unspecified atom stereocenters. The lowest BCUT2D eigenvalue weighted by Gasteiger charge is -2.28. The number of amides is 3. The monoisotopic (exact) mass is 433 g/mol. The molecular weight excluding hydrogens is 398 g/mol.